The first kappa shape index (κ1) is 17.6. The number of fused-ring (bicyclic) bond motifs is 1. The maximum absolute atomic E-state index is 5.77. The van der Waals surface area contributed by atoms with Crippen LogP contribution >= 0.6 is 11.3 Å². The molecular weight excluding hydrogens is 322 g/mol. The third-order valence-electron chi connectivity index (χ3n) is 4.23. The Kier molecular flexibility index (Phi) is 5.13. The number of rotatable bonds is 5. The van der Waals surface area contributed by atoms with Gasteiger partial charge in [0.25, 0.3) is 0 Å². The molecule has 24 heavy (non-hydrogen) atoms. The zero-order valence-corrected chi connectivity index (χ0v) is 16.2. The smallest absolute Gasteiger partial charge is 0.214 e. The van der Waals surface area contributed by atoms with Crippen LogP contribution in [0.2, 0.25) is 0 Å². The Morgan fingerprint density at radius 1 is 1.29 bits per heavy atom. The van der Waals surface area contributed by atoms with Gasteiger partial charge in [-0.15, -0.1) is 5.10 Å². The van der Waals surface area contributed by atoms with Crippen molar-refractivity contribution in [3.63, 3.8) is 0 Å². The molecule has 3 heterocycles. The van der Waals surface area contributed by atoms with Crippen LogP contribution < -0.4 is 5.32 Å². The van der Waals surface area contributed by atoms with Gasteiger partial charge >= 0.3 is 0 Å². The van der Waals surface area contributed by atoms with Gasteiger partial charge in [0.05, 0.1) is 24.1 Å². The second-order valence-corrected chi connectivity index (χ2v) is 8.76. The first-order chi connectivity index (χ1) is 11.3. The van der Waals surface area contributed by atoms with Gasteiger partial charge in [-0.2, -0.15) is 0 Å². The topological polar surface area (TPSA) is 54.7 Å². The predicted octanol–water partition coefficient (Wildman–Crippen LogP) is 3.00. The summed E-state index contributed by atoms with van der Waals surface area (Å²) in [7, 11) is 0. The number of imidazole rings is 1. The highest BCUT2D eigenvalue weighted by Gasteiger charge is 2.21. The Hall–Kier alpha value is -1.18. The highest BCUT2D eigenvalue weighted by atomic mass is 32.1. The first-order valence-corrected chi connectivity index (χ1v) is 9.61. The molecule has 0 bridgehead atoms. The molecule has 134 valence electrons. The van der Waals surface area contributed by atoms with E-state index in [4.69, 9.17) is 4.74 Å². The number of hydrogen-bond donors (Lipinski definition) is 1. The lowest BCUT2D eigenvalue weighted by atomic mass is 9.93. The Labute approximate surface area is 148 Å². The van der Waals surface area contributed by atoms with Gasteiger partial charge in [-0.05, 0) is 20.3 Å². The van der Waals surface area contributed by atoms with Crippen molar-refractivity contribution >= 4 is 21.4 Å². The van der Waals surface area contributed by atoms with Crippen LogP contribution in [0.4, 0.5) is 5.13 Å². The van der Waals surface area contributed by atoms with Crippen LogP contribution in [-0.4, -0.2) is 57.9 Å². The van der Waals surface area contributed by atoms with Crippen LogP contribution in [0.3, 0.4) is 0 Å². The molecule has 1 saturated heterocycles. The molecule has 6 nitrogen and oxygen atoms in total. The van der Waals surface area contributed by atoms with E-state index in [9.17, 15) is 0 Å². The molecule has 0 aliphatic carbocycles. The van der Waals surface area contributed by atoms with Gasteiger partial charge in [0.1, 0.15) is 0 Å². The highest BCUT2D eigenvalue weighted by Crippen LogP contribution is 2.25. The van der Waals surface area contributed by atoms with E-state index in [0.717, 1.165) is 48.4 Å². The zero-order valence-electron chi connectivity index (χ0n) is 15.4. The van der Waals surface area contributed by atoms with Gasteiger partial charge in [0.2, 0.25) is 10.1 Å². The lowest BCUT2D eigenvalue weighted by Gasteiger charge is -2.35. The largest absolute Gasteiger partial charge is 0.373 e. The van der Waals surface area contributed by atoms with Crippen molar-refractivity contribution in [3.05, 3.63) is 11.9 Å². The van der Waals surface area contributed by atoms with Gasteiger partial charge in [-0.3, -0.25) is 4.90 Å². The lowest BCUT2D eigenvalue weighted by molar-refractivity contribution is -0.0678. The Bertz CT molecular complexity index is 633. The summed E-state index contributed by atoms with van der Waals surface area (Å²) in [6.07, 6.45) is 3.82. The van der Waals surface area contributed by atoms with Crippen molar-refractivity contribution in [1.29, 1.82) is 0 Å². The summed E-state index contributed by atoms with van der Waals surface area (Å²) >= 11 is 1.62. The molecule has 2 unspecified atom stereocenters. The Morgan fingerprint density at radius 3 is 2.62 bits per heavy atom. The average molecular weight is 352 g/mol. The quantitative estimate of drug-likeness (QED) is 0.839. The molecule has 2 aromatic rings. The molecule has 0 saturated carbocycles. The SMILES string of the molecule is CC1CN(CCCNc2nn3cc(C(C)(C)C)nc3s2)CC(C)O1. The number of morpholine rings is 1. The summed E-state index contributed by atoms with van der Waals surface area (Å²) in [4.78, 5) is 8.13. The summed E-state index contributed by atoms with van der Waals surface area (Å²) in [5, 5.41) is 8.96. The molecule has 0 amide bonds. The van der Waals surface area contributed by atoms with Crippen molar-refractivity contribution in [2.75, 3.05) is 31.5 Å². The predicted molar refractivity (Wildman–Crippen MR) is 99.1 cm³/mol. The number of aromatic nitrogens is 3. The van der Waals surface area contributed by atoms with E-state index >= 15 is 0 Å². The van der Waals surface area contributed by atoms with Crippen molar-refractivity contribution in [2.24, 2.45) is 0 Å². The number of anilines is 1. The Morgan fingerprint density at radius 2 is 2.00 bits per heavy atom. The van der Waals surface area contributed by atoms with Crippen molar-refractivity contribution in [1.82, 2.24) is 19.5 Å². The second kappa shape index (κ2) is 6.98. The fourth-order valence-electron chi connectivity index (χ4n) is 3.10. The van der Waals surface area contributed by atoms with E-state index < -0.39 is 0 Å². The van der Waals surface area contributed by atoms with Crippen molar-refractivity contribution < 1.29 is 4.74 Å². The van der Waals surface area contributed by atoms with Crippen LogP contribution in [0.1, 0.15) is 46.7 Å². The fourth-order valence-corrected chi connectivity index (χ4v) is 3.90. The fraction of sp³-hybridized carbons (Fsp3) is 0.765. The molecular formula is C17H29N5OS. The number of ether oxygens (including phenoxy) is 1. The monoisotopic (exact) mass is 351 g/mol. The summed E-state index contributed by atoms with van der Waals surface area (Å²) < 4.78 is 7.66. The minimum Gasteiger partial charge on any atom is -0.373 e. The van der Waals surface area contributed by atoms with Gasteiger partial charge in [0, 0.05) is 31.6 Å². The second-order valence-electron chi connectivity index (χ2n) is 7.81. The summed E-state index contributed by atoms with van der Waals surface area (Å²) in [6, 6.07) is 0. The molecule has 1 aliphatic rings. The van der Waals surface area contributed by atoms with Gasteiger partial charge in [0.15, 0.2) is 0 Å². The van der Waals surface area contributed by atoms with E-state index in [1.54, 1.807) is 11.3 Å². The minimum absolute atomic E-state index is 0.0629. The van der Waals surface area contributed by atoms with Crippen LogP contribution in [-0.2, 0) is 10.2 Å². The molecule has 0 spiro atoms. The van der Waals surface area contributed by atoms with E-state index in [2.05, 4.69) is 54.9 Å². The van der Waals surface area contributed by atoms with Crippen molar-refractivity contribution in [3.8, 4) is 0 Å². The Balaban J connectivity index is 1.47. The van der Waals surface area contributed by atoms with Crippen LogP contribution in [0, 0.1) is 0 Å². The third kappa shape index (κ3) is 4.26. The van der Waals surface area contributed by atoms with E-state index in [1.807, 2.05) is 10.7 Å². The minimum atomic E-state index is 0.0629. The molecule has 2 aromatic heterocycles. The first-order valence-electron chi connectivity index (χ1n) is 8.79. The van der Waals surface area contributed by atoms with Crippen LogP contribution in [0.15, 0.2) is 6.20 Å². The average Bonchev–Trinajstić information content (AvgIpc) is 3.00. The normalized spacial score (nSPS) is 23.0. The van der Waals surface area contributed by atoms with Crippen LogP contribution in [0.5, 0.6) is 0 Å². The highest BCUT2D eigenvalue weighted by molar-refractivity contribution is 7.20. The van der Waals surface area contributed by atoms with Crippen molar-refractivity contribution in [2.45, 2.75) is 58.7 Å². The molecule has 0 radical (unpaired) electrons. The number of nitrogens with zero attached hydrogens (tertiary/aromatic N) is 4. The maximum atomic E-state index is 5.77. The molecule has 1 fully saturated rings. The molecule has 1 aliphatic heterocycles. The molecule has 0 aromatic carbocycles. The third-order valence-corrected chi connectivity index (χ3v) is 5.11. The summed E-state index contributed by atoms with van der Waals surface area (Å²) in [5.74, 6) is 0. The summed E-state index contributed by atoms with van der Waals surface area (Å²) in [5.41, 5.74) is 1.15. The molecule has 7 heteroatoms. The molecule has 1 N–H and O–H groups in total. The molecule has 3 rings (SSSR count). The van der Waals surface area contributed by atoms with E-state index in [0.29, 0.717) is 12.2 Å². The van der Waals surface area contributed by atoms with Crippen LogP contribution in [0.25, 0.3) is 4.96 Å². The van der Waals surface area contributed by atoms with Gasteiger partial charge < -0.3 is 10.1 Å². The van der Waals surface area contributed by atoms with E-state index in [1.165, 1.54) is 0 Å². The molecule has 2 atom stereocenters. The maximum Gasteiger partial charge on any atom is 0.214 e. The summed E-state index contributed by atoms with van der Waals surface area (Å²) in [6.45, 7) is 14.9. The number of nitrogens with one attached hydrogen (secondary N) is 1. The zero-order chi connectivity index (χ0) is 17.3. The standard InChI is InChI=1S/C17H29N5OS/c1-12-9-21(10-13(2)23-12)8-6-7-18-15-20-22-11-14(17(3,4)5)19-16(22)24-15/h11-13H,6-10H2,1-5H3,(H,18,20). The number of hydrogen-bond acceptors (Lipinski definition) is 6. The van der Waals surface area contributed by atoms with Gasteiger partial charge in [-0.1, -0.05) is 32.1 Å². The van der Waals surface area contributed by atoms with Gasteiger partial charge in [-0.25, -0.2) is 9.50 Å². The van der Waals surface area contributed by atoms with E-state index in [-0.39, 0.29) is 5.41 Å². The lowest BCUT2D eigenvalue weighted by Crippen LogP contribution is -2.45.